The van der Waals surface area contributed by atoms with E-state index >= 15 is 0 Å². The molecule has 0 fully saturated rings. The first-order valence-electron chi connectivity index (χ1n) is 12.2. The van der Waals surface area contributed by atoms with Gasteiger partial charge in [-0.25, -0.2) is 4.79 Å². The number of hydrogen-bond acceptors (Lipinski definition) is 7. The lowest BCUT2D eigenvalue weighted by Crippen LogP contribution is -2.58. The number of carboxylic acid groups (broad SMARTS) is 2. The molecular weight excluding hydrogens is 498 g/mol. The Bertz CT molecular complexity index is 1150. The molecule has 13 heteroatoms. The van der Waals surface area contributed by atoms with Crippen molar-refractivity contribution in [3.8, 4) is 0 Å². The molecule has 1 aromatic carbocycles. The van der Waals surface area contributed by atoms with E-state index in [1.807, 2.05) is 24.3 Å². The second-order valence-electron chi connectivity index (χ2n) is 9.44. The van der Waals surface area contributed by atoms with Crippen molar-refractivity contribution in [3.05, 3.63) is 36.0 Å². The summed E-state index contributed by atoms with van der Waals surface area (Å²) in [6.07, 6.45) is 1.21. The van der Waals surface area contributed by atoms with Gasteiger partial charge < -0.3 is 42.0 Å². The molecule has 0 bridgehead atoms. The predicted molar refractivity (Wildman–Crippen MR) is 137 cm³/mol. The molecule has 4 atom stereocenters. The molecule has 0 aliphatic rings. The molecule has 1 aromatic heterocycles. The van der Waals surface area contributed by atoms with Crippen LogP contribution in [0.3, 0.4) is 0 Å². The van der Waals surface area contributed by atoms with Crippen molar-refractivity contribution in [1.29, 1.82) is 0 Å². The van der Waals surface area contributed by atoms with Gasteiger partial charge in [-0.05, 0) is 36.8 Å². The van der Waals surface area contributed by atoms with E-state index in [1.54, 1.807) is 20.0 Å². The summed E-state index contributed by atoms with van der Waals surface area (Å²) in [5.74, 6) is -5.11. The summed E-state index contributed by atoms with van der Waals surface area (Å²) in [5.41, 5.74) is 7.73. The van der Waals surface area contributed by atoms with Crippen molar-refractivity contribution in [3.63, 3.8) is 0 Å². The van der Waals surface area contributed by atoms with E-state index in [1.165, 1.54) is 0 Å². The van der Waals surface area contributed by atoms with E-state index in [2.05, 4.69) is 20.9 Å². The Morgan fingerprint density at radius 2 is 1.53 bits per heavy atom. The SMILES string of the molecule is CC(C)CC(NC(=O)C(CO)NC(=O)C(N)Cc1c[nH]c2ccccc12)C(=O)NC(CCC(=O)O)C(=O)O. The molecule has 0 spiro atoms. The second kappa shape index (κ2) is 14.1. The lowest BCUT2D eigenvalue weighted by molar-refractivity contribution is -0.143. The minimum atomic E-state index is -1.47. The molecule has 2 aromatic rings. The van der Waals surface area contributed by atoms with Gasteiger partial charge in [-0.2, -0.15) is 0 Å². The van der Waals surface area contributed by atoms with Gasteiger partial charge >= 0.3 is 11.9 Å². The number of rotatable bonds is 15. The van der Waals surface area contributed by atoms with Crippen LogP contribution in [0, 0.1) is 5.92 Å². The molecule has 0 saturated carbocycles. The van der Waals surface area contributed by atoms with Crippen LogP contribution in [0.25, 0.3) is 10.9 Å². The highest BCUT2D eigenvalue weighted by Gasteiger charge is 2.31. The van der Waals surface area contributed by atoms with Gasteiger partial charge in [-0.15, -0.1) is 0 Å². The summed E-state index contributed by atoms with van der Waals surface area (Å²) < 4.78 is 0. The van der Waals surface area contributed by atoms with Gasteiger partial charge in [0.2, 0.25) is 17.7 Å². The number of aromatic amines is 1. The Morgan fingerprint density at radius 3 is 2.13 bits per heavy atom. The minimum Gasteiger partial charge on any atom is -0.481 e. The molecule has 13 nitrogen and oxygen atoms in total. The third kappa shape index (κ3) is 8.85. The van der Waals surface area contributed by atoms with Crippen molar-refractivity contribution < 1.29 is 39.3 Å². The zero-order chi connectivity index (χ0) is 28.4. The number of H-pyrrole nitrogens is 1. The minimum absolute atomic E-state index is 0.0971. The molecule has 4 unspecified atom stereocenters. The number of aliphatic carboxylic acids is 2. The largest absolute Gasteiger partial charge is 0.481 e. The van der Waals surface area contributed by atoms with Crippen molar-refractivity contribution in [2.45, 2.75) is 63.7 Å². The van der Waals surface area contributed by atoms with E-state index in [-0.39, 0.29) is 25.2 Å². The second-order valence-corrected chi connectivity index (χ2v) is 9.44. The van der Waals surface area contributed by atoms with Crippen LogP contribution in [0.15, 0.2) is 30.5 Å². The number of carbonyl (C=O) groups excluding carboxylic acids is 3. The van der Waals surface area contributed by atoms with E-state index < -0.39 is 66.9 Å². The Kier molecular flexibility index (Phi) is 11.2. The maximum atomic E-state index is 12.8. The number of fused-ring (bicyclic) bond motifs is 1. The molecule has 0 radical (unpaired) electrons. The predicted octanol–water partition coefficient (Wildman–Crippen LogP) is -0.520. The summed E-state index contributed by atoms with van der Waals surface area (Å²) in [4.78, 5) is 63.7. The van der Waals surface area contributed by atoms with Gasteiger partial charge in [0, 0.05) is 23.5 Å². The lowest BCUT2D eigenvalue weighted by atomic mass is 10.0. The van der Waals surface area contributed by atoms with Crippen molar-refractivity contribution in [2.75, 3.05) is 6.61 Å². The first-order chi connectivity index (χ1) is 17.9. The molecule has 1 heterocycles. The maximum Gasteiger partial charge on any atom is 0.326 e. The highest BCUT2D eigenvalue weighted by atomic mass is 16.4. The summed E-state index contributed by atoms with van der Waals surface area (Å²) in [6, 6.07) is 2.37. The Balaban J connectivity index is 2.04. The molecule has 208 valence electrons. The van der Waals surface area contributed by atoms with Crippen LogP contribution in [-0.4, -0.2) is 80.7 Å². The quantitative estimate of drug-likeness (QED) is 0.147. The fourth-order valence-corrected chi connectivity index (χ4v) is 3.88. The number of hydrogen-bond donors (Lipinski definition) is 8. The molecule has 9 N–H and O–H groups in total. The first-order valence-corrected chi connectivity index (χ1v) is 12.2. The van der Waals surface area contributed by atoms with Crippen molar-refractivity contribution >= 4 is 40.6 Å². The molecule has 0 saturated heterocycles. The standard InChI is InChI=1S/C25H35N5O8/c1-13(2)9-19(23(35)28-18(25(37)38)7-8-21(32)33)29-24(36)20(12-31)30-22(34)16(26)10-14-11-27-17-6-4-3-5-15(14)17/h3-6,11,13,16,18-20,27,31H,7-10,12,26H2,1-2H3,(H,28,35)(H,29,36)(H,30,34)(H,32,33)(H,37,38). The normalized spacial score (nSPS) is 14.3. The Labute approximate surface area is 219 Å². The van der Waals surface area contributed by atoms with Gasteiger partial charge in [0.25, 0.3) is 0 Å². The molecule has 38 heavy (non-hydrogen) atoms. The van der Waals surface area contributed by atoms with Gasteiger partial charge in [0.15, 0.2) is 0 Å². The monoisotopic (exact) mass is 533 g/mol. The molecular formula is C25H35N5O8. The van der Waals surface area contributed by atoms with E-state index in [9.17, 15) is 34.2 Å². The topological polar surface area (TPSA) is 224 Å². The number of aliphatic hydroxyl groups is 1. The van der Waals surface area contributed by atoms with Crippen LogP contribution < -0.4 is 21.7 Å². The van der Waals surface area contributed by atoms with Crippen LogP contribution in [0.2, 0.25) is 0 Å². The summed E-state index contributed by atoms with van der Waals surface area (Å²) in [5, 5.41) is 35.9. The number of carboxylic acids is 2. The number of amides is 3. The smallest absolute Gasteiger partial charge is 0.326 e. The van der Waals surface area contributed by atoms with Crippen LogP contribution >= 0.6 is 0 Å². The first kappa shape index (κ1) is 30.3. The highest BCUT2D eigenvalue weighted by molar-refractivity contribution is 5.94. The third-order valence-electron chi connectivity index (χ3n) is 5.87. The number of aromatic nitrogens is 1. The fourth-order valence-electron chi connectivity index (χ4n) is 3.88. The molecule has 0 aliphatic carbocycles. The summed E-state index contributed by atoms with van der Waals surface area (Å²) in [7, 11) is 0. The maximum absolute atomic E-state index is 12.8. The highest BCUT2D eigenvalue weighted by Crippen LogP contribution is 2.18. The van der Waals surface area contributed by atoms with Crippen molar-refractivity contribution in [2.24, 2.45) is 11.7 Å². The number of aliphatic hydroxyl groups excluding tert-OH is 1. The summed E-state index contributed by atoms with van der Waals surface area (Å²) >= 11 is 0. The van der Waals surface area contributed by atoms with Crippen LogP contribution in [0.5, 0.6) is 0 Å². The lowest BCUT2D eigenvalue weighted by Gasteiger charge is -2.25. The van der Waals surface area contributed by atoms with Crippen LogP contribution in [0.4, 0.5) is 0 Å². The van der Waals surface area contributed by atoms with Gasteiger partial charge in [-0.1, -0.05) is 32.0 Å². The number of carbonyl (C=O) groups is 5. The average Bonchev–Trinajstić information content (AvgIpc) is 3.26. The number of nitrogens with two attached hydrogens (primary N) is 1. The number of para-hydroxylation sites is 1. The third-order valence-corrected chi connectivity index (χ3v) is 5.87. The molecule has 3 amide bonds. The Morgan fingerprint density at radius 1 is 0.921 bits per heavy atom. The van der Waals surface area contributed by atoms with Crippen LogP contribution in [0.1, 0.15) is 38.7 Å². The molecule has 2 rings (SSSR count). The zero-order valence-electron chi connectivity index (χ0n) is 21.3. The van der Waals surface area contributed by atoms with Gasteiger partial charge in [0.1, 0.15) is 18.1 Å². The fraction of sp³-hybridized carbons (Fsp3) is 0.480. The zero-order valence-corrected chi connectivity index (χ0v) is 21.3. The van der Waals surface area contributed by atoms with Gasteiger partial charge in [0.05, 0.1) is 12.6 Å². The van der Waals surface area contributed by atoms with Crippen LogP contribution in [-0.2, 0) is 30.4 Å². The summed E-state index contributed by atoms with van der Waals surface area (Å²) in [6.45, 7) is 2.78. The van der Waals surface area contributed by atoms with Gasteiger partial charge in [-0.3, -0.25) is 19.2 Å². The molecule has 0 aliphatic heterocycles. The van der Waals surface area contributed by atoms with E-state index in [0.29, 0.717) is 0 Å². The van der Waals surface area contributed by atoms with E-state index in [0.717, 1.165) is 16.5 Å². The number of nitrogens with one attached hydrogen (secondary N) is 4. The van der Waals surface area contributed by atoms with E-state index in [4.69, 9.17) is 10.8 Å². The average molecular weight is 534 g/mol. The van der Waals surface area contributed by atoms with Crippen molar-refractivity contribution in [1.82, 2.24) is 20.9 Å². The Hall–Kier alpha value is -3.97. The number of benzene rings is 1.